The van der Waals surface area contributed by atoms with Crippen molar-refractivity contribution in [3.8, 4) is 0 Å². The summed E-state index contributed by atoms with van der Waals surface area (Å²) in [5.74, 6) is 0.685. The first-order valence-corrected chi connectivity index (χ1v) is 7.73. The molecule has 0 bridgehead atoms. The van der Waals surface area contributed by atoms with Crippen molar-refractivity contribution < 1.29 is 9.53 Å². The average Bonchev–Trinajstić information content (AvgIpc) is 2.36. The van der Waals surface area contributed by atoms with Crippen LogP contribution in [0.1, 0.15) is 46.5 Å². The molecule has 1 saturated heterocycles. The maximum Gasteiger partial charge on any atom is 0.305 e. The molecule has 0 spiro atoms. The molecule has 112 valence electrons. The van der Waals surface area contributed by atoms with E-state index >= 15 is 0 Å². The van der Waals surface area contributed by atoms with Gasteiger partial charge >= 0.3 is 5.97 Å². The molecule has 0 aromatic carbocycles. The van der Waals surface area contributed by atoms with Gasteiger partial charge in [0, 0.05) is 19.0 Å². The summed E-state index contributed by atoms with van der Waals surface area (Å²) >= 11 is 0. The SMILES string of the molecule is CCOC(=O)CCCNC1CCN(CC(C)C)CC1. The molecule has 1 fully saturated rings. The molecule has 0 unspecified atom stereocenters. The molecule has 1 N–H and O–H groups in total. The number of ether oxygens (including phenoxy) is 1. The second-order valence-corrected chi connectivity index (χ2v) is 5.83. The van der Waals surface area contributed by atoms with Crippen LogP contribution in [0.5, 0.6) is 0 Å². The van der Waals surface area contributed by atoms with Gasteiger partial charge in [-0.3, -0.25) is 4.79 Å². The summed E-state index contributed by atoms with van der Waals surface area (Å²) in [5, 5.41) is 3.56. The minimum absolute atomic E-state index is 0.0731. The second kappa shape index (κ2) is 9.32. The van der Waals surface area contributed by atoms with Gasteiger partial charge in [0.15, 0.2) is 0 Å². The first-order valence-electron chi connectivity index (χ1n) is 7.73. The van der Waals surface area contributed by atoms with Crippen molar-refractivity contribution in [1.29, 1.82) is 0 Å². The van der Waals surface area contributed by atoms with E-state index in [9.17, 15) is 4.79 Å². The largest absolute Gasteiger partial charge is 0.466 e. The highest BCUT2D eigenvalue weighted by Gasteiger charge is 2.18. The standard InChI is InChI=1S/C15H30N2O2/c1-4-19-15(18)6-5-9-16-14-7-10-17(11-8-14)12-13(2)3/h13-14,16H,4-12H2,1-3H3. The number of rotatable bonds is 8. The van der Waals surface area contributed by atoms with Crippen LogP contribution in [0, 0.1) is 5.92 Å². The van der Waals surface area contributed by atoms with Gasteiger partial charge in [-0.15, -0.1) is 0 Å². The van der Waals surface area contributed by atoms with Gasteiger partial charge < -0.3 is 15.0 Å². The number of nitrogens with one attached hydrogen (secondary N) is 1. The summed E-state index contributed by atoms with van der Waals surface area (Å²) in [5.41, 5.74) is 0. The molecule has 1 aliphatic rings. The monoisotopic (exact) mass is 270 g/mol. The fourth-order valence-electron chi connectivity index (χ4n) is 2.61. The Morgan fingerprint density at radius 1 is 1.37 bits per heavy atom. The van der Waals surface area contributed by atoms with E-state index in [1.54, 1.807) is 0 Å². The molecule has 1 heterocycles. The van der Waals surface area contributed by atoms with Crippen molar-refractivity contribution in [2.75, 3.05) is 32.8 Å². The molecule has 0 radical (unpaired) electrons. The average molecular weight is 270 g/mol. The van der Waals surface area contributed by atoms with Crippen LogP contribution in [-0.4, -0.2) is 49.7 Å². The Bertz CT molecular complexity index is 249. The van der Waals surface area contributed by atoms with E-state index in [0.717, 1.165) is 18.9 Å². The molecule has 0 aromatic rings. The molecule has 0 aromatic heterocycles. The molecule has 0 atom stereocenters. The number of hydrogen-bond donors (Lipinski definition) is 1. The molecule has 0 saturated carbocycles. The molecule has 4 nitrogen and oxygen atoms in total. The fraction of sp³-hybridized carbons (Fsp3) is 0.933. The highest BCUT2D eigenvalue weighted by molar-refractivity contribution is 5.69. The smallest absolute Gasteiger partial charge is 0.305 e. The third-order valence-electron chi connectivity index (χ3n) is 3.51. The third kappa shape index (κ3) is 7.53. The molecule has 1 aliphatic heterocycles. The Balaban J connectivity index is 2.02. The lowest BCUT2D eigenvalue weighted by Crippen LogP contribution is -2.43. The van der Waals surface area contributed by atoms with Crippen molar-refractivity contribution in [3.05, 3.63) is 0 Å². The van der Waals surface area contributed by atoms with Gasteiger partial charge in [-0.05, 0) is 51.7 Å². The summed E-state index contributed by atoms with van der Waals surface area (Å²) in [4.78, 5) is 13.7. The van der Waals surface area contributed by atoms with Gasteiger partial charge in [0.1, 0.15) is 0 Å². The van der Waals surface area contributed by atoms with E-state index < -0.39 is 0 Å². The lowest BCUT2D eigenvalue weighted by Gasteiger charge is -2.33. The highest BCUT2D eigenvalue weighted by atomic mass is 16.5. The number of hydrogen-bond acceptors (Lipinski definition) is 4. The zero-order valence-electron chi connectivity index (χ0n) is 12.8. The first kappa shape index (κ1) is 16.4. The van der Waals surface area contributed by atoms with Gasteiger partial charge in [0.05, 0.1) is 6.61 Å². The van der Waals surface area contributed by atoms with Crippen LogP contribution in [0.25, 0.3) is 0 Å². The van der Waals surface area contributed by atoms with Crippen molar-refractivity contribution in [2.45, 2.75) is 52.5 Å². The van der Waals surface area contributed by atoms with Gasteiger partial charge in [-0.1, -0.05) is 13.8 Å². The molecule has 4 heteroatoms. The predicted octanol–water partition coefficient (Wildman–Crippen LogP) is 2.04. The van der Waals surface area contributed by atoms with Crippen molar-refractivity contribution in [3.63, 3.8) is 0 Å². The number of likely N-dealkylation sites (tertiary alicyclic amines) is 1. The highest BCUT2D eigenvalue weighted by Crippen LogP contribution is 2.12. The number of esters is 1. The fourth-order valence-corrected chi connectivity index (χ4v) is 2.61. The molecule has 0 amide bonds. The molecule has 0 aliphatic carbocycles. The second-order valence-electron chi connectivity index (χ2n) is 5.83. The Hall–Kier alpha value is -0.610. The van der Waals surface area contributed by atoms with Crippen LogP contribution in [-0.2, 0) is 9.53 Å². The molecular formula is C15H30N2O2. The Kier molecular flexibility index (Phi) is 8.07. The lowest BCUT2D eigenvalue weighted by atomic mass is 10.0. The van der Waals surface area contributed by atoms with Crippen LogP contribution in [0.2, 0.25) is 0 Å². The van der Waals surface area contributed by atoms with Crippen LogP contribution in [0.4, 0.5) is 0 Å². The van der Waals surface area contributed by atoms with Gasteiger partial charge in [0.2, 0.25) is 0 Å². The quantitative estimate of drug-likeness (QED) is 0.541. The van der Waals surface area contributed by atoms with Crippen molar-refractivity contribution in [1.82, 2.24) is 10.2 Å². The van der Waals surface area contributed by atoms with Crippen LogP contribution < -0.4 is 5.32 Å². The van der Waals surface area contributed by atoms with E-state index in [2.05, 4.69) is 24.1 Å². The lowest BCUT2D eigenvalue weighted by molar-refractivity contribution is -0.143. The zero-order chi connectivity index (χ0) is 14.1. The minimum atomic E-state index is -0.0731. The predicted molar refractivity (Wildman–Crippen MR) is 78.2 cm³/mol. The third-order valence-corrected chi connectivity index (χ3v) is 3.51. The Morgan fingerprint density at radius 2 is 2.05 bits per heavy atom. The van der Waals surface area contributed by atoms with E-state index in [1.165, 1.54) is 32.5 Å². The van der Waals surface area contributed by atoms with E-state index in [0.29, 0.717) is 19.1 Å². The summed E-state index contributed by atoms with van der Waals surface area (Å²) in [6.07, 6.45) is 3.87. The Morgan fingerprint density at radius 3 is 2.63 bits per heavy atom. The maximum absolute atomic E-state index is 11.2. The summed E-state index contributed by atoms with van der Waals surface area (Å²) in [6, 6.07) is 0.630. The van der Waals surface area contributed by atoms with Crippen LogP contribution in [0.3, 0.4) is 0 Å². The summed E-state index contributed by atoms with van der Waals surface area (Å²) in [6.45, 7) is 11.4. The number of carbonyl (C=O) groups excluding carboxylic acids is 1. The van der Waals surface area contributed by atoms with Gasteiger partial charge in [0.25, 0.3) is 0 Å². The van der Waals surface area contributed by atoms with Gasteiger partial charge in [-0.2, -0.15) is 0 Å². The van der Waals surface area contributed by atoms with Crippen LogP contribution >= 0.6 is 0 Å². The molecule has 19 heavy (non-hydrogen) atoms. The van der Waals surface area contributed by atoms with Crippen molar-refractivity contribution in [2.24, 2.45) is 5.92 Å². The van der Waals surface area contributed by atoms with Gasteiger partial charge in [-0.25, -0.2) is 0 Å². The zero-order valence-corrected chi connectivity index (χ0v) is 12.8. The number of piperidine rings is 1. The maximum atomic E-state index is 11.2. The van der Waals surface area contributed by atoms with Crippen LogP contribution in [0.15, 0.2) is 0 Å². The van der Waals surface area contributed by atoms with E-state index in [4.69, 9.17) is 4.74 Å². The number of carbonyl (C=O) groups is 1. The first-order chi connectivity index (χ1) is 9.11. The normalized spacial score (nSPS) is 17.9. The molecule has 1 rings (SSSR count). The summed E-state index contributed by atoms with van der Waals surface area (Å²) in [7, 11) is 0. The van der Waals surface area contributed by atoms with Crippen molar-refractivity contribution >= 4 is 5.97 Å². The van der Waals surface area contributed by atoms with E-state index in [1.807, 2.05) is 6.92 Å². The van der Waals surface area contributed by atoms with E-state index in [-0.39, 0.29) is 5.97 Å². The topological polar surface area (TPSA) is 41.6 Å². The Labute approximate surface area is 117 Å². The minimum Gasteiger partial charge on any atom is -0.466 e. The molecular weight excluding hydrogens is 240 g/mol. The summed E-state index contributed by atoms with van der Waals surface area (Å²) < 4.78 is 4.91. The number of nitrogens with zero attached hydrogens (tertiary/aromatic N) is 1.